The molecule has 0 fully saturated rings. The Kier molecular flexibility index (Phi) is 8.61. The van der Waals surface area contributed by atoms with Crippen LogP contribution in [0, 0.1) is 0 Å². The van der Waals surface area contributed by atoms with Crippen LogP contribution in [0.2, 0.25) is 0 Å². The third-order valence-corrected chi connectivity index (χ3v) is 14.7. The Morgan fingerprint density at radius 3 is 2.00 bits per heavy atom. The fourth-order valence-corrected chi connectivity index (χ4v) is 15.3. The van der Waals surface area contributed by atoms with Crippen molar-refractivity contribution in [3.8, 4) is 0 Å². The van der Waals surface area contributed by atoms with Crippen LogP contribution in [0.4, 0.5) is 0 Å². The minimum Gasteiger partial charge on any atom is -0.191 e. The molecule has 0 atom stereocenters. The molecule has 0 aliphatic rings. The second-order valence-electron chi connectivity index (χ2n) is 2.07. The van der Waals surface area contributed by atoms with Crippen LogP contribution in [0.1, 0.15) is 0 Å². The number of hydrogen-bond donors (Lipinski definition) is 1. The number of rotatable bonds is 5. The van der Waals surface area contributed by atoms with Gasteiger partial charge in [0, 0.05) is 0 Å². The third kappa shape index (κ3) is 10.4. The van der Waals surface area contributed by atoms with Crippen molar-refractivity contribution < 1.29 is 0 Å². The van der Waals surface area contributed by atoms with E-state index in [1.165, 1.54) is 9.83 Å². The first kappa shape index (κ1) is 12.4. The first-order valence-electron chi connectivity index (χ1n) is 2.24. The summed E-state index contributed by atoms with van der Waals surface area (Å²) >= 11 is 4.01. The summed E-state index contributed by atoms with van der Waals surface area (Å²) in [4.78, 5) is 0. The van der Waals surface area contributed by atoms with E-state index < -0.39 is 9.06 Å². The minimum atomic E-state index is -0.393. The fourth-order valence-electron chi connectivity index (χ4n) is 0.118. The lowest BCUT2D eigenvalue weighted by atomic mass is 11.9. The number of hydrogen-bond acceptors (Lipinski definition) is 6. The van der Waals surface area contributed by atoms with Gasteiger partial charge < -0.3 is 0 Å². The van der Waals surface area contributed by atoms with Gasteiger partial charge in [0.15, 0.2) is 0 Å². The average molecular weight is 271 g/mol. The Morgan fingerprint density at radius 1 is 1.00 bits per heavy atom. The summed E-state index contributed by atoms with van der Waals surface area (Å²) < 4.78 is 0. The quantitative estimate of drug-likeness (QED) is 0.433. The van der Waals surface area contributed by atoms with E-state index in [9.17, 15) is 0 Å². The van der Waals surface area contributed by atoms with E-state index in [0.717, 1.165) is 0 Å². The summed E-state index contributed by atoms with van der Waals surface area (Å²) in [5.74, 6) is 0. The predicted octanol–water partition coefficient (Wildman–Crippen LogP) is 4.77. The van der Waals surface area contributed by atoms with Gasteiger partial charge in [0.2, 0.25) is 0 Å². The molecular weight excluding hydrogens is 261 g/mol. The monoisotopic (exact) mass is 270 g/mol. The zero-order valence-electron chi connectivity index (χ0n) is 5.90. The number of thiol groups is 1. The topological polar surface area (TPSA) is 0 Å². The van der Waals surface area contributed by atoms with Crippen molar-refractivity contribution in [1.82, 2.24) is 0 Å². The SMILES string of the molecule is CS(C)(C)SSSSSS. The second kappa shape index (κ2) is 6.91. The predicted molar refractivity (Wildman–Crippen MR) is 72.3 cm³/mol. The molecule has 0 spiro atoms. The third-order valence-electron chi connectivity index (χ3n) is 0.318. The molecule has 0 unspecified atom stereocenters. The fraction of sp³-hybridized carbons (Fsp3) is 1.00. The maximum atomic E-state index is 4.01. The highest BCUT2D eigenvalue weighted by molar-refractivity contribution is 9.47. The molecule has 0 amide bonds. The minimum absolute atomic E-state index is 0.393. The Hall–Kier alpha value is 2.45. The van der Waals surface area contributed by atoms with E-state index in [1.54, 1.807) is 19.7 Å². The molecule has 0 aromatic rings. The van der Waals surface area contributed by atoms with E-state index >= 15 is 0 Å². The van der Waals surface area contributed by atoms with E-state index in [4.69, 9.17) is 0 Å². The first-order valence-corrected chi connectivity index (χ1v) is 12.8. The second-order valence-corrected chi connectivity index (χ2v) is 17.5. The Labute approximate surface area is 87.7 Å². The van der Waals surface area contributed by atoms with Gasteiger partial charge in [-0.2, -0.15) is 9.06 Å². The Morgan fingerprint density at radius 2 is 1.60 bits per heavy atom. The van der Waals surface area contributed by atoms with Crippen molar-refractivity contribution in [3.05, 3.63) is 0 Å². The lowest BCUT2D eigenvalue weighted by Gasteiger charge is -2.21. The van der Waals surface area contributed by atoms with E-state index in [2.05, 4.69) is 30.4 Å². The van der Waals surface area contributed by atoms with E-state index in [0.29, 0.717) is 0 Å². The summed E-state index contributed by atoms with van der Waals surface area (Å²) in [5, 5.41) is 0. The molecule has 0 nitrogen and oxygen atoms in total. The zero-order valence-corrected chi connectivity index (χ0v) is 11.7. The molecule has 0 aromatic heterocycles. The van der Waals surface area contributed by atoms with Crippen molar-refractivity contribution in [1.29, 1.82) is 0 Å². The standard InChI is InChI=1S/C3H10S7/c1-10(2,3)9-8-7-6-5-4/h4H,1-3H3. The smallest absolute Gasteiger partial charge is 0.000113 e. The molecule has 7 heteroatoms. The molecule has 0 saturated carbocycles. The van der Waals surface area contributed by atoms with Crippen LogP contribution >= 0.6 is 69.9 Å². The summed E-state index contributed by atoms with van der Waals surface area (Å²) in [6, 6.07) is 0. The molecular formula is C3H10S7. The van der Waals surface area contributed by atoms with Crippen LogP contribution < -0.4 is 0 Å². The molecule has 0 N–H and O–H groups in total. The van der Waals surface area contributed by atoms with Gasteiger partial charge in [-0.3, -0.25) is 0 Å². The van der Waals surface area contributed by atoms with Gasteiger partial charge in [-0.25, -0.2) is 0 Å². The maximum Gasteiger partial charge on any atom is -0.000113 e. The van der Waals surface area contributed by atoms with Crippen molar-refractivity contribution in [2.75, 3.05) is 18.8 Å². The summed E-state index contributed by atoms with van der Waals surface area (Å²) in [5.41, 5.74) is 0. The molecule has 0 aliphatic heterocycles. The van der Waals surface area contributed by atoms with Crippen LogP contribution in [-0.4, -0.2) is 18.8 Å². The Bertz CT molecular complexity index is 75.4. The van der Waals surface area contributed by atoms with Gasteiger partial charge in [-0.05, 0) is 67.9 Å². The molecule has 0 heterocycles. The van der Waals surface area contributed by atoms with Crippen LogP contribution in [0.3, 0.4) is 0 Å². The summed E-state index contributed by atoms with van der Waals surface area (Å²) in [6.07, 6.45) is 6.89. The first-order chi connectivity index (χ1) is 4.56. The maximum absolute atomic E-state index is 4.01. The highest BCUT2D eigenvalue weighted by Gasteiger charge is 2.04. The van der Waals surface area contributed by atoms with Gasteiger partial charge in [-0.15, -0.1) is 0 Å². The molecule has 0 bridgehead atoms. The van der Waals surface area contributed by atoms with Crippen molar-refractivity contribution >= 4 is 69.9 Å². The van der Waals surface area contributed by atoms with E-state index in [1.807, 2.05) is 19.7 Å². The molecule has 10 heavy (non-hydrogen) atoms. The van der Waals surface area contributed by atoms with Crippen molar-refractivity contribution in [3.63, 3.8) is 0 Å². The van der Waals surface area contributed by atoms with Gasteiger partial charge in [0.1, 0.15) is 0 Å². The molecule has 0 aliphatic carbocycles. The van der Waals surface area contributed by atoms with Gasteiger partial charge in [0.05, 0.1) is 0 Å². The van der Waals surface area contributed by atoms with Crippen LogP contribution in [0.15, 0.2) is 0 Å². The lowest BCUT2D eigenvalue weighted by Crippen LogP contribution is -1.78. The normalized spacial score (nSPS) is 13.6. The lowest BCUT2D eigenvalue weighted by molar-refractivity contribution is 2.18. The van der Waals surface area contributed by atoms with Crippen LogP contribution in [-0.2, 0) is 0 Å². The highest BCUT2D eigenvalue weighted by Crippen LogP contribution is 2.63. The van der Waals surface area contributed by atoms with Gasteiger partial charge in [-0.1, -0.05) is 11.7 Å². The van der Waals surface area contributed by atoms with Crippen molar-refractivity contribution in [2.45, 2.75) is 0 Å². The van der Waals surface area contributed by atoms with Gasteiger partial charge in [0.25, 0.3) is 0 Å². The largest absolute Gasteiger partial charge is 0.191 e. The Balaban J connectivity index is 3.04. The van der Waals surface area contributed by atoms with Crippen LogP contribution in [0.5, 0.6) is 0 Å². The molecule has 0 radical (unpaired) electrons. The zero-order chi connectivity index (χ0) is 8.04. The molecule has 64 valence electrons. The van der Waals surface area contributed by atoms with E-state index in [-0.39, 0.29) is 0 Å². The molecule has 0 rings (SSSR count). The molecule has 0 aromatic carbocycles. The van der Waals surface area contributed by atoms with Gasteiger partial charge >= 0.3 is 0 Å². The average Bonchev–Trinajstić information content (AvgIpc) is 1.78. The summed E-state index contributed by atoms with van der Waals surface area (Å²) in [6.45, 7) is 0. The van der Waals surface area contributed by atoms with Crippen molar-refractivity contribution in [2.24, 2.45) is 0 Å². The highest BCUT2D eigenvalue weighted by atomic mass is 33.9. The summed E-state index contributed by atoms with van der Waals surface area (Å²) in [7, 11) is 8.41. The molecule has 0 saturated heterocycles. The van der Waals surface area contributed by atoms with Crippen LogP contribution in [0.25, 0.3) is 0 Å².